The number of rotatable bonds is 11. The Kier molecular flexibility index (Phi) is 8.41. The maximum Gasteiger partial charge on any atom is 0.281 e. The highest BCUT2D eigenvalue weighted by Gasteiger charge is 2.18. The average Bonchev–Trinajstić information content (AvgIpc) is 3.31. The van der Waals surface area contributed by atoms with Gasteiger partial charge in [-0.1, -0.05) is 35.9 Å². The van der Waals surface area contributed by atoms with E-state index in [0.29, 0.717) is 48.8 Å². The number of carbonyl (C=O) groups excluding carboxylic acids is 1. The van der Waals surface area contributed by atoms with Crippen molar-refractivity contribution in [2.45, 2.75) is 26.9 Å². The monoisotopic (exact) mass is 505 g/mol. The van der Waals surface area contributed by atoms with Crippen LogP contribution in [0.15, 0.2) is 72.8 Å². The maximum atomic E-state index is 13.2. The number of anilines is 2. The third kappa shape index (κ3) is 6.55. The Balaban J connectivity index is 1.51. The van der Waals surface area contributed by atoms with Gasteiger partial charge in [0.2, 0.25) is 11.9 Å². The topological polar surface area (TPSA) is 90.3 Å². The van der Waals surface area contributed by atoms with Crippen molar-refractivity contribution in [1.29, 1.82) is 0 Å². The molecule has 0 aliphatic heterocycles. The molecule has 8 nitrogen and oxygen atoms in total. The highest BCUT2D eigenvalue weighted by molar-refractivity contribution is 6.30. The Bertz CT molecular complexity index is 1270. The van der Waals surface area contributed by atoms with E-state index in [0.717, 1.165) is 22.6 Å². The van der Waals surface area contributed by atoms with Crippen molar-refractivity contribution in [3.8, 4) is 11.5 Å². The van der Waals surface area contributed by atoms with Crippen LogP contribution in [-0.2, 0) is 13.1 Å². The van der Waals surface area contributed by atoms with Crippen molar-refractivity contribution in [2.24, 2.45) is 0 Å². The molecule has 3 aromatic carbocycles. The minimum atomic E-state index is -0.317. The Morgan fingerprint density at radius 1 is 0.806 bits per heavy atom. The summed E-state index contributed by atoms with van der Waals surface area (Å²) in [6, 6.07) is 22.2. The molecule has 1 aromatic heterocycles. The van der Waals surface area contributed by atoms with Crippen LogP contribution in [0.1, 0.15) is 35.3 Å². The number of halogens is 1. The lowest BCUT2D eigenvalue weighted by Gasteiger charge is -2.08. The number of ether oxygens (including phenoxy) is 2. The van der Waals surface area contributed by atoms with Gasteiger partial charge in [0.1, 0.15) is 11.5 Å². The van der Waals surface area contributed by atoms with Gasteiger partial charge in [-0.25, -0.2) is 0 Å². The molecule has 0 atom stereocenters. The molecule has 0 bridgehead atoms. The largest absolute Gasteiger partial charge is 0.494 e. The molecule has 0 spiro atoms. The van der Waals surface area contributed by atoms with Crippen molar-refractivity contribution in [3.63, 3.8) is 0 Å². The molecule has 0 aliphatic carbocycles. The van der Waals surface area contributed by atoms with Gasteiger partial charge in [0.05, 0.1) is 13.2 Å². The van der Waals surface area contributed by atoms with Crippen molar-refractivity contribution in [2.75, 3.05) is 23.8 Å². The zero-order chi connectivity index (χ0) is 25.3. The molecule has 0 unspecified atom stereocenters. The first-order valence-electron chi connectivity index (χ1n) is 11.7. The van der Waals surface area contributed by atoms with Gasteiger partial charge in [-0.2, -0.15) is 9.67 Å². The van der Waals surface area contributed by atoms with Crippen LogP contribution in [0.5, 0.6) is 11.5 Å². The molecule has 36 heavy (non-hydrogen) atoms. The minimum Gasteiger partial charge on any atom is -0.494 e. The molecule has 1 heterocycles. The van der Waals surface area contributed by atoms with Gasteiger partial charge in [0, 0.05) is 23.7 Å². The van der Waals surface area contributed by atoms with Crippen molar-refractivity contribution in [3.05, 3.63) is 94.5 Å². The van der Waals surface area contributed by atoms with Crippen LogP contribution in [0.4, 0.5) is 11.9 Å². The number of nitrogens with zero attached hydrogens (tertiary/aromatic N) is 3. The van der Waals surface area contributed by atoms with Crippen molar-refractivity contribution >= 4 is 29.4 Å². The van der Waals surface area contributed by atoms with Crippen molar-refractivity contribution < 1.29 is 14.3 Å². The van der Waals surface area contributed by atoms with E-state index in [2.05, 4.69) is 20.7 Å². The third-order valence-electron chi connectivity index (χ3n) is 5.26. The van der Waals surface area contributed by atoms with E-state index in [1.807, 2.05) is 62.4 Å². The van der Waals surface area contributed by atoms with E-state index in [1.54, 1.807) is 24.3 Å². The lowest BCUT2D eigenvalue weighted by molar-refractivity contribution is 0.0947. The lowest BCUT2D eigenvalue weighted by Crippen LogP contribution is -2.17. The molecule has 0 amide bonds. The van der Waals surface area contributed by atoms with Crippen LogP contribution in [0.3, 0.4) is 0 Å². The summed E-state index contributed by atoms with van der Waals surface area (Å²) in [5, 5.41) is 11.4. The van der Waals surface area contributed by atoms with Gasteiger partial charge in [0.25, 0.3) is 5.91 Å². The number of nitrogens with one attached hydrogen (secondary N) is 2. The van der Waals surface area contributed by atoms with E-state index in [4.69, 9.17) is 21.1 Å². The quantitative estimate of drug-likeness (QED) is 0.272. The van der Waals surface area contributed by atoms with E-state index in [-0.39, 0.29) is 5.91 Å². The molecule has 0 fully saturated rings. The smallest absolute Gasteiger partial charge is 0.281 e. The fourth-order valence-electron chi connectivity index (χ4n) is 3.46. The summed E-state index contributed by atoms with van der Waals surface area (Å²) in [4.78, 5) is 17.7. The third-order valence-corrected chi connectivity index (χ3v) is 5.51. The molecule has 186 valence electrons. The Hall–Kier alpha value is -4.04. The lowest BCUT2D eigenvalue weighted by atomic mass is 10.2. The molecule has 0 radical (unpaired) electrons. The molecule has 4 rings (SSSR count). The highest BCUT2D eigenvalue weighted by Crippen LogP contribution is 2.18. The second-order valence-electron chi connectivity index (χ2n) is 7.84. The zero-order valence-corrected chi connectivity index (χ0v) is 21.0. The predicted molar refractivity (Wildman–Crippen MR) is 141 cm³/mol. The van der Waals surface area contributed by atoms with Gasteiger partial charge >= 0.3 is 0 Å². The fraction of sp³-hybridized carbons (Fsp3) is 0.222. The fourth-order valence-corrected chi connectivity index (χ4v) is 3.59. The predicted octanol–water partition coefficient (Wildman–Crippen LogP) is 5.64. The number of hydrogen-bond donors (Lipinski definition) is 2. The average molecular weight is 506 g/mol. The SMILES string of the molecule is CCOc1ccc(CNc2nc(NCc3ccc(OCC)cc3)n(C(=O)c3ccc(Cl)cc3)n2)cc1. The summed E-state index contributed by atoms with van der Waals surface area (Å²) in [5.74, 6) is 1.97. The summed E-state index contributed by atoms with van der Waals surface area (Å²) in [7, 11) is 0. The molecule has 0 saturated carbocycles. The second-order valence-corrected chi connectivity index (χ2v) is 8.28. The zero-order valence-electron chi connectivity index (χ0n) is 20.2. The van der Waals surface area contributed by atoms with E-state index >= 15 is 0 Å². The molecular formula is C27H28ClN5O3. The Morgan fingerprint density at radius 2 is 1.33 bits per heavy atom. The maximum absolute atomic E-state index is 13.2. The first-order valence-corrected chi connectivity index (χ1v) is 12.1. The number of hydrogen-bond acceptors (Lipinski definition) is 7. The van der Waals surface area contributed by atoms with Gasteiger partial charge < -0.3 is 20.1 Å². The van der Waals surface area contributed by atoms with Crippen LogP contribution in [-0.4, -0.2) is 33.9 Å². The van der Waals surface area contributed by atoms with Crippen LogP contribution in [0.2, 0.25) is 5.02 Å². The normalized spacial score (nSPS) is 10.6. The van der Waals surface area contributed by atoms with Crippen LogP contribution < -0.4 is 20.1 Å². The summed E-state index contributed by atoms with van der Waals surface area (Å²) < 4.78 is 12.3. The van der Waals surface area contributed by atoms with Crippen molar-refractivity contribution in [1.82, 2.24) is 14.8 Å². The van der Waals surface area contributed by atoms with Gasteiger partial charge in [-0.15, -0.1) is 5.10 Å². The second kappa shape index (κ2) is 12.1. The summed E-state index contributed by atoms with van der Waals surface area (Å²) in [6.07, 6.45) is 0. The van der Waals surface area contributed by atoms with Crippen LogP contribution >= 0.6 is 11.6 Å². The van der Waals surface area contributed by atoms with Gasteiger partial charge in [-0.3, -0.25) is 4.79 Å². The van der Waals surface area contributed by atoms with Crippen LogP contribution in [0, 0.1) is 0 Å². The molecule has 0 aliphatic rings. The van der Waals surface area contributed by atoms with Crippen LogP contribution in [0.25, 0.3) is 0 Å². The number of carbonyl (C=O) groups is 1. The van der Waals surface area contributed by atoms with Gasteiger partial charge in [-0.05, 0) is 73.5 Å². The molecule has 9 heteroatoms. The standard InChI is InChI=1S/C27H28ClN5O3/c1-3-35-23-13-5-19(6-14-23)17-29-26-31-27(30-18-20-7-15-24(16-8-20)36-4-2)33(32-26)25(34)21-9-11-22(28)12-10-21/h5-16H,3-4,17-18H2,1-2H3,(H2,29,30,31,32). The molecular weight excluding hydrogens is 478 g/mol. The van der Waals surface area contributed by atoms with E-state index < -0.39 is 0 Å². The Labute approximate surface area is 215 Å². The summed E-state index contributed by atoms with van der Waals surface area (Å²) in [6.45, 7) is 6.07. The van der Waals surface area contributed by atoms with Gasteiger partial charge in [0.15, 0.2) is 0 Å². The summed E-state index contributed by atoms with van der Waals surface area (Å²) in [5.41, 5.74) is 2.49. The molecule has 4 aromatic rings. The molecule has 0 saturated heterocycles. The minimum absolute atomic E-state index is 0.317. The van der Waals surface area contributed by atoms with E-state index in [1.165, 1.54) is 4.68 Å². The first-order chi connectivity index (χ1) is 17.6. The Morgan fingerprint density at radius 3 is 1.86 bits per heavy atom. The summed E-state index contributed by atoms with van der Waals surface area (Å²) >= 11 is 5.99. The molecule has 2 N–H and O–H groups in total. The number of benzene rings is 3. The first kappa shape index (κ1) is 25.1. The number of aromatic nitrogens is 3. The van der Waals surface area contributed by atoms with E-state index in [9.17, 15) is 4.79 Å². The highest BCUT2D eigenvalue weighted by atomic mass is 35.5.